The third kappa shape index (κ3) is 5.99. The Morgan fingerprint density at radius 3 is 1.67 bits per heavy atom. The third-order valence-corrected chi connectivity index (χ3v) is 5.53. The zero-order valence-corrected chi connectivity index (χ0v) is 19.0. The first-order chi connectivity index (χ1) is 17.3. The second-order valence-electron chi connectivity index (χ2n) is 8.05. The largest absolute Gasteiger partial charge is 0.447 e. The molecule has 0 heterocycles. The number of anilines is 1. The summed E-state index contributed by atoms with van der Waals surface area (Å²) in [6.07, 6.45) is -5.95. The molecule has 36 heavy (non-hydrogen) atoms. The molecule has 4 aromatic rings. The molecule has 0 aromatic heterocycles. The quantitative estimate of drug-likeness (QED) is 0.292. The van der Waals surface area contributed by atoms with E-state index in [1.807, 2.05) is 12.1 Å². The fraction of sp³-hybridized carbons (Fsp3) is 0.103. The summed E-state index contributed by atoms with van der Waals surface area (Å²) >= 11 is 0. The molecule has 1 atom stereocenters. The minimum atomic E-state index is -4.56. The zero-order valence-electron chi connectivity index (χ0n) is 19.0. The number of carbonyl (C=O) groups is 2. The van der Waals surface area contributed by atoms with E-state index in [1.54, 1.807) is 78.9 Å². The van der Waals surface area contributed by atoms with Crippen LogP contribution in [0, 0.1) is 0 Å². The van der Waals surface area contributed by atoms with Crippen LogP contribution in [0.2, 0.25) is 0 Å². The highest BCUT2D eigenvalue weighted by Crippen LogP contribution is 2.32. The molecule has 0 fully saturated rings. The summed E-state index contributed by atoms with van der Waals surface area (Å²) in [5.41, 5.74) is 0.782. The Labute approximate surface area is 206 Å². The number of nitrogens with one attached hydrogen (secondary N) is 1. The van der Waals surface area contributed by atoms with Gasteiger partial charge in [-0.05, 0) is 29.3 Å². The number of ether oxygens (including phenoxy) is 1. The minimum Gasteiger partial charge on any atom is -0.447 e. The summed E-state index contributed by atoms with van der Waals surface area (Å²) < 4.78 is 45.2. The summed E-state index contributed by atoms with van der Waals surface area (Å²) in [5, 5.41) is 2.46. The Kier molecular flexibility index (Phi) is 7.49. The predicted molar refractivity (Wildman–Crippen MR) is 130 cm³/mol. The normalized spacial score (nSPS) is 12.1. The van der Waals surface area contributed by atoms with Gasteiger partial charge in [-0.3, -0.25) is 9.59 Å². The van der Waals surface area contributed by atoms with Gasteiger partial charge in [0.15, 0.2) is 0 Å². The lowest BCUT2D eigenvalue weighted by molar-refractivity contribution is -0.155. The number of benzene rings is 4. The molecular formula is C29H22F3NO3. The Hall–Kier alpha value is -4.39. The van der Waals surface area contributed by atoms with Gasteiger partial charge in [0.2, 0.25) is 6.10 Å². The minimum absolute atomic E-state index is 0.0607. The fourth-order valence-electron chi connectivity index (χ4n) is 3.82. The van der Waals surface area contributed by atoms with Crippen molar-refractivity contribution < 1.29 is 27.5 Å². The van der Waals surface area contributed by atoms with Gasteiger partial charge in [-0.25, -0.2) is 0 Å². The van der Waals surface area contributed by atoms with Crippen molar-refractivity contribution in [3.8, 4) is 0 Å². The number of halogens is 3. The highest BCUT2D eigenvalue weighted by molar-refractivity contribution is 5.97. The van der Waals surface area contributed by atoms with Gasteiger partial charge in [0.05, 0.1) is 5.56 Å². The molecule has 0 saturated heterocycles. The molecule has 7 heteroatoms. The van der Waals surface area contributed by atoms with Gasteiger partial charge >= 0.3 is 12.1 Å². The number of esters is 1. The van der Waals surface area contributed by atoms with Gasteiger partial charge in [0.1, 0.15) is 5.92 Å². The van der Waals surface area contributed by atoms with Gasteiger partial charge in [-0.15, -0.1) is 0 Å². The molecule has 0 spiro atoms. The molecule has 0 aliphatic carbocycles. The van der Waals surface area contributed by atoms with Crippen molar-refractivity contribution in [3.63, 3.8) is 0 Å². The molecule has 0 saturated carbocycles. The van der Waals surface area contributed by atoms with Crippen molar-refractivity contribution in [1.82, 2.24) is 0 Å². The van der Waals surface area contributed by atoms with Gasteiger partial charge in [-0.1, -0.05) is 97.1 Å². The Balaban J connectivity index is 1.65. The van der Waals surface area contributed by atoms with Gasteiger partial charge < -0.3 is 10.1 Å². The van der Waals surface area contributed by atoms with Gasteiger partial charge in [-0.2, -0.15) is 13.2 Å². The monoisotopic (exact) mass is 489 g/mol. The standard InChI is InChI=1S/C29H22F3NO3/c30-29(31,32)23-17-10-18-24(19-23)33-27(34)26(22-15-8-3-9-16-22)36-28(35)25(20-11-4-1-5-12-20)21-13-6-2-7-14-21/h1-19,25-26H,(H,33,34)/t26-/m1/s1. The first-order valence-corrected chi connectivity index (χ1v) is 11.2. The van der Waals surface area contributed by atoms with Crippen LogP contribution in [-0.4, -0.2) is 11.9 Å². The molecule has 1 N–H and O–H groups in total. The first-order valence-electron chi connectivity index (χ1n) is 11.2. The van der Waals surface area contributed by atoms with Crippen LogP contribution in [0.1, 0.15) is 34.3 Å². The average molecular weight is 489 g/mol. The van der Waals surface area contributed by atoms with E-state index in [4.69, 9.17) is 4.74 Å². The first kappa shape index (κ1) is 24.7. The number of carbonyl (C=O) groups excluding carboxylic acids is 2. The number of rotatable bonds is 7. The van der Waals surface area contributed by atoms with Crippen LogP contribution >= 0.6 is 0 Å². The van der Waals surface area contributed by atoms with Crippen LogP contribution in [-0.2, 0) is 20.5 Å². The summed E-state index contributed by atoms with van der Waals surface area (Å²) in [4.78, 5) is 26.8. The topological polar surface area (TPSA) is 55.4 Å². The third-order valence-electron chi connectivity index (χ3n) is 5.53. The lowest BCUT2D eigenvalue weighted by Crippen LogP contribution is -2.28. The maximum Gasteiger partial charge on any atom is 0.416 e. The molecule has 4 nitrogen and oxygen atoms in total. The Bertz CT molecular complexity index is 1270. The second-order valence-corrected chi connectivity index (χ2v) is 8.05. The second kappa shape index (κ2) is 10.9. The van der Waals surface area contributed by atoms with Crippen molar-refractivity contribution in [1.29, 1.82) is 0 Å². The van der Waals surface area contributed by atoms with E-state index in [0.29, 0.717) is 16.7 Å². The number of hydrogen-bond donors (Lipinski definition) is 1. The van der Waals surface area contributed by atoms with Crippen LogP contribution in [0.15, 0.2) is 115 Å². The number of hydrogen-bond acceptors (Lipinski definition) is 3. The Morgan fingerprint density at radius 2 is 1.17 bits per heavy atom. The van der Waals surface area contributed by atoms with E-state index in [9.17, 15) is 22.8 Å². The van der Waals surface area contributed by atoms with Crippen LogP contribution < -0.4 is 5.32 Å². The maximum atomic E-state index is 13.5. The van der Waals surface area contributed by atoms with E-state index in [1.165, 1.54) is 12.1 Å². The highest BCUT2D eigenvalue weighted by Gasteiger charge is 2.33. The summed E-state index contributed by atoms with van der Waals surface area (Å²) in [5.74, 6) is -2.24. The molecule has 0 aliphatic rings. The number of alkyl halides is 3. The lowest BCUT2D eigenvalue weighted by atomic mass is 9.91. The highest BCUT2D eigenvalue weighted by atomic mass is 19.4. The van der Waals surface area contributed by atoms with E-state index in [-0.39, 0.29) is 5.69 Å². The van der Waals surface area contributed by atoms with Crippen molar-refractivity contribution in [3.05, 3.63) is 138 Å². The summed E-state index contributed by atoms with van der Waals surface area (Å²) in [6, 6.07) is 30.6. The van der Waals surface area contributed by atoms with Crippen LogP contribution in [0.5, 0.6) is 0 Å². The Morgan fingerprint density at radius 1 is 0.667 bits per heavy atom. The van der Waals surface area contributed by atoms with Crippen molar-refractivity contribution >= 4 is 17.6 Å². The molecular weight excluding hydrogens is 467 g/mol. The molecule has 1 amide bonds. The smallest absolute Gasteiger partial charge is 0.416 e. The summed E-state index contributed by atoms with van der Waals surface area (Å²) in [7, 11) is 0. The SMILES string of the molecule is O=C(O[C@@H](C(=O)Nc1cccc(C(F)(F)F)c1)c1ccccc1)C(c1ccccc1)c1ccccc1. The molecule has 4 rings (SSSR count). The maximum absolute atomic E-state index is 13.5. The lowest BCUT2D eigenvalue weighted by Gasteiger charge is -2.23. The van der Waals surface area contributed by atoms with E-state index < -0.39 is 35.6 Å². The van der Waals surface area contributed by atoms with Crippen molar-refractivity contribution in [2.24, 2.45) is 0 Å². The van der Waals surface area contributed by atoms with Crippen LogP contribution in [0.25, 0.3) is 0 Å². The number of amides is 1. The van der Waals surface area contributed by atoms with Crippen molar-refractivity contribution in [2.45, 2.75) is 18.2 Å². The van der Waals surface area contributed by atoms with E-state index in [2.05, 4.69) is 5.32 Å². The molecule has 0 unspecified atom stereocenters. The van der Waals surface area contributed by atoms with E-state index in [0.717, 1.165) is 12.1 Å². The molecule has 4 aromatic carbocycles. The molecule has 0 bridgehead atoms. The van der Waals surface area contributed by atoms with Crippen LogP contribution in [0.3, 0.4) is 0 Å². The van der Waals surface area contributed by atoms with Crippen LogP contribution in [0.4, 0.5) is 18.9 Å². The van der Waals surface area contributed by atoms with E-state index >= 15 is 0 Å². The predicted octanol–water partition coefficient (Wildman–Crippen LogP) is 6.76. The molecule has 182 valence electrons. The zero-order chi connectivity index (χ0) is 25.5. The average Bonchev–Trinajstić information content (AvgIpc) is 2.89. The van der Waals surface area contributed by atoms with Gasteiger partial charge in [0.25, 0.3) is 5.91 Å². The van der Waals surface area contributed by atoms with Crippen molar-refractivity contribution in [2.75, 3.05) is 5.32 Å². The van der Waals surface area contributed by atoms with Gasteiger partial charge in [0, 0.05) is 11.3 Å². The fourth-order valence-corrected chi connectivity index (χ4v) is 3.82. The summed E-state index contributed by atoms with van der Waals surface area (Å²) in [6.45, 7) is 0. The molecule has 0 aliphatic heterocycles. The molecule has 0 radical (unpaired) electrons.